The molecular weight excluding hydrogens is 374 g/mol. The average Bonchev–Trinajstić information content (AvgIpc) is 3.07. The van der Waals surface area contributed by atoms with Crippen LogP contribution in [0.5, 0.6) is 0 Å². The molecule has 6 nitrogen and oxygen atoms in total. The Bertz CT molecular complexity index is 747. The number of rotatable bonds is 3. The number of carbonyl (C=O) groups excluding carboxylic acids is 1. The summed E-state index contributed by atoms with van der Waals surface area (Å²) >= 11 is 1.50. The van der Waals surface area contributed by atoms with Crippen molar-refractivity contribution in [2.75, 3.05) is 25.4 Å². The fraction of sp³-hybridized carbons (Fsp3) is 0.810. The Balaban J connectivity index is 1.71. The summed E-state index contributed by atoms with van der Waals surface area (Å²) in [5.41, 5.74) is 6.30. The van der Waals surface area contributed by atoms with Gasteiger partial charge in [0.05, 0.1) is 18.4 Å². The molecule has 28 heavy (non-hydrogen) atoms. The summed E-state index contributed by atoms with van der Waals surface area (Å²) in [6.07, 6.45) is 5.54. The molecule has 1 aliphatic heterocycles. The van der Waals surface area contributed by atoms with Crippen molar-refractivity contribution in [2.24, 2.45) is 16.7 Å². The molecule has 2 fully saturated rings. The zero-order valence-corrected chi connectivity index (χ0v) is 17.8. The highest BCUT2D eigenvalue weighted by Crippen LogP contribution is 2.62. The van der Waals surface area contributed by atoms with Gasteiger partial charge in [-0.25, -0.2) is 4.98 Å². The number of piperidine rings is 1. The van der Waals surface area contributed by atoms with Gasteiger partial charge in [0.25, 0.3) is 0 Å². The Kier molecular flexibility index (Phi) is 5.21. The fourth-order valence-electron chi connectivity index (χ4n) is 6.11. The lowest BCUT2D eigenvalue weighted by Crippen LogP contribution is -2.57. The van der Waals surface area contributed by atoms with E-state index in [1.54, 1.807) is 0 Å². The molecule has 1 aromatic heterocycles. The maximum atomic E-state index is 13.2. The van der Waals surface area contributed by atoms with Crippen LogP contribution in [0.15, 0.2) is 0 Å². The van der Waals surface area contributed by atoms with Crippen molar-refractivity contribution in [2.45, 2.75) is 70.8 Å². The van der Waals surface area contributed by atoms with E-state index in [2.05, 4.69) is 11.9 Å². The van der Waals surface area contributed by atoms with Crippen molar-refractivity contribution in [1.82, 2.24) is 9.88 Å². The van der Waals surface area contributed by atoms with E-state index in [4.69, 9.17) is 5.73 Å². The monoisotopic (exact) mass is 407 g/mol. The van der Waals surface area contributed by atoms with E-state index in [0.29, 0.717) is 18.0 Å². The van der Waals surface area contributed by atoms with E-state index in [1.807, 2.05) is 11.8 Å². The largest absolute Gasteiger partial charge is 0.396 e. The molecular formula is C21H33N3O3S. The van der Waals surface area contributed by atoms with Gasteiger partial charge in [0.2, 0.25) is 5.91 Å². The number of anilines is 1. The van der Waals surface area contributed by atoms with Gasteiger partial charge >= 0.3 is 0 Å². The van der Waals surface area contributed by atoms with Crippen LogP contribution >= 0.6 is 11.3 Å². The number of amides is 1. The normalized spacial score (nSPS) is 38.0. The molecule has 0 unspecified atom stereocenters. The van der Waals surface area contributed by atoms with Gasteiger partial charge in [0, 0.05) is 35.7 Å². The molecule has 1 saturated heterocycles. The number of hydrogen-bond donors (Lipinski definition) is 3. The van der Waals surface area contributed by atoms with E-state index in [9.17, 15) is 15.0 Å². The predicted octanol–water partition coefficient (Wildman–Crippen LogP) is 2.54. The summed E-state index contributed by atoms with van der Waals surface area (Å²) < 4.78 is 0. The molecule has 7 heteroatoms. The lowest BCUT2D eigenvalue weighted by Gasteiger charge is -2.58. The number of carbonyl (C=O) groups is 1. The highest BCUT2D eigenvalue weighted by molar-refractivity contribution is 7.15. The Labute approximate surface area is 171 Å². The van der Waals surface area contributed by atoms with Gasteiger partial charge in [0.15, 0.2) is 5.13 Å². The zero-order chi connectivity index (χ0) is 20.1. The van der Waals surface area contributed by atoms with Gasteiger partial charge in [-0.05, 0) is 49.9 Å². The summed E-state index contributed by atoms with van der Waals surface area (Å²) in [7, 11) is 0. The lowest BCUT2D eigenvalue weighted by molar-refractivity contribution is -0.147. The van der Waals surface area contributed by atoms with Gasteiger partial charge < -0.3 is 20.8 Å². The number of aromatic nitrogens is 1. The number of aliphatic hydroxyl groups is 2. The second kappa shape index (κ2) is 7.26. The van der Waals surface area contributed by atoms with E-state index < -0.39 is 11.5 Å². The smallest absolute Gasteiger partial charge is 0.223 e. The SMILES string of the molecule is C[C@]1(CO)[C@H]2Cc3sc(N)nc3[C@@H](CC(=O)N3CCCCC3)[C@]2(C)CC[C@H]1O. The minimum absolute atomic E-state index is 0.0115. The first-order chi connectivity index (χ1) is 13.3. The summed E-state index contributed by atoms with van der Waals surface area (Å²) in [5, 5.41) is 21.5. The van der Waals surface area contributed by atoms with Crippen molar-refractivity contribution in [3.05, 3.63) is 10.6 Å². The maximum absolute atomic E-state index is 13.2. The standard InChI is InChI=1S/C21H33N3O3S/c1-20-7-6-16(26)21(2,12-25)15(20)11-14-18(23-19(22)28-14)13(20)10-17(27)24-8-4-3-5-9-24/h13,15-16,25-26H,3-12H2,1-2H3,(H2,22,23)/t13-,15+,16-,20+,21+/m1/s1. The molecule has 4 N–H and O–H groups in total. The Morgan fingerprint density at radius 2 is 2.04 bits per heavy atom. The highest BCUT2D eigenvalue weighted by atomic mass is 32.1. The number of fused-ring (bicyclic) bond motifs is 2. The molecule has 3 aliphatic rings. The molecule has 2 aliphatic carbocycles. The first kappa shape index (κ1) is 20.1. The third-order valence-electron chi connectivity index (χ3n) is 8.00. The average molecular weight is 408 g/mol. The maximum Gasteiger partial charge on any atom is 0.223 e. The van der Waals surface area contributed by atoms with E-state index in [-0.39, 0.29) is 29.8 Å². The fourth-order valence-corrected chi connectivity index (χ4v) is 7.05. The van der Waals surface area contributed by atoms with Crippen LogP contribution in [-0.2, 0) is 11.2 Å². The number of nitrogen functional groups attached to an aromatic ring is 1. The molecule has 1 saturated carbocycles. The molecule has 0 spiro atoms. The number of hydrogen-bond acceptors (Lipinski definition) is 6. The quantitative estimate of drug-likeness (QED) is 0.715. The Morgan fingerprint density at radius 3 is 2.71 bits per heavy atom. The van der Waals surface area contributed by atoms with Crippen molar-refractivity contribution in [1.29, 1.82) is 0 Å². The summed E-state index contributed by atoms with van der Waals surface area (Å²) in [5.74, 6) is 0.295. The van der Waals surface area contributed by atoms with Crippen LogP contribution in [0.2, 0.25) is 0 Å². The molecule has 1 amide bonds. The van der Waals surface area contributed by atoms with Crippen LogP contribution in [0.4, 0.5) is 5.13 Å². The van der Waals surface area contributed by atoms with Crippen molar-refractivity contribution < 1.29 is 15.0 Å². The van der Waals surface area contributed by atoms with Crippen LogP contribution in [0, 0.1) is 16.7 Å². The number of nitrogens with zero attached hydrogens (tertiary/aromatic N) is 2. The van der Waals surface area contributed by atoms with Gasteiger partial charge in [-0.2, -0.15) is 0 Å². The number of likely N-dealkylation sites (tertiary alicyclic amines) is 1. The third kappa shape index (κ3) is 3.06. The molecule has 2 heterocycles. The topological polar surface area (TPSA) is 99.7 Å². The van der Waals surface area contributed by atoms with Crippen LogP contribution in [0.3, 0.4) is 0 Å². The third-order valence-corrected chi connectivity index (χ3v) is 8.92. The summed E-state index contributed by atoms with van der Waals surface area (Å²) in [6, 6.07) is 0. The van der Waals surface area contributed by atoms with Crippen LogP contribution < -0.4 is 5.73 Å². The van der Waals surface area contributed by atoms with Crippen molar-refractivity contribution in [3.8, 4) is 0 Å². The second-order valence-corrected chi connectivity index (χ2v) is 10.7. The van der Waals surface area contributed by atoms with Crippen LogP contribution in [-0.4, -0.2) is 51.8 Å². The van der Waals surface area contributed by atoms with Gasteiger partial charge in [-0.3, -0.25) is 4.79 Å². The summed E-state index contributed by atoms with van der Waals surface area (Å²) in [4.78, 5) is 21.0. The van der Waals surface area contributed by atoms with Crippen molar-refractivity contribution in [3.63, 3.8) is 0 Å². The van der Waals surface area contributed by atoms with E-state index >= 15 is 0 Å². The highest BCUT2D eigenvalue weighted by Gasteiger charge is 2.59. The molecule has 0 radical (unpaired) electrons. The Morgan fingerprint density at radius 1 is 1.32 bits per heavy atom. The van der Waals surface area contributed by atoms with E-state index in [0.717, 1.165) is 49.3 Å². The summed E-state index contributed by atoms with van der Waals surface area (Å²) in [6.45, 7) is 5.89. The van der Waals surface area contributed by atoms with Crippen molar-refractivity contribution >= 4 is 22.4 Å². The number of aliphatic hydroxyl groups excluding tert-OH is 2. The molecule has 4 rings (SSSR count). The molecule has 1 aromatic rings. The first-order valence-electron chi connectivity index (χ1n) is 10.6. The van der Waals surface area contributed by atoms with Crippen LogP contribution in [0.1, 0.15) is 68.9 Å². The zero-order valence-electron chi connectivity index (χ0n) is 17.0. The first-order valence-corrected chi connectivity index (χ1v) is 11.4. The second-order valence-electron chi connectivity index (χ2n) is 9.54. The minimum Gasteiger partial charge on any atom is -0.396 e. The Hall–Kier alpha value is -1.18. The predicted molar refractivity (Wildman–Crippen MR) is 110 cm³/mol. The molecule has 0 aromatic carbocycles. The molecule has 5 atom stereocenters. The molecule has 156 valence electrons. The number of nitrogens with two attached hydrogens (primary N) is 1. The van der Waals surface area contributed by atoms with Gasteiger partial charge in [-0.15, -0.1) is 11.3 Å². The minimum atomic E-state index is -0.574. The van der Waals surface area contributed by atoms with Gasteiger partial charge in [0.1, 0.15) is 0 Å². The van der Waals surface area contributed by atoms with Gasteiger partial charge in [-0.1, -0.05) is 13.8 Å². The van der Waals surface area contributed by atoms with E-state index in [1.165, 1.54) is 17.8 Å². The lowest BCUT2D eigenvalue weighted by atomic mass is 9.47. The number of thiazole rings is 1. The molecule has 0 bridgehead atoms. The van der Waals surface area contributed by atoms with Crippen LogP contribution in [0.25, 0.3) is 0 Å².